The van der Waals surface area contributed by atoms with Crippen molar-refractivity contribution in [1.29, 1.82) is 0 Å². The molecule has 0 bridgehead atoms. The fraction of sp³-hybridized carbons (Fsp3) is 0.375. The molecule has 1 aliphatic heterocycles. The second kappa shape index (κ2) is 6.03. The largest absolute Gasteiger partial charge is 0.339 e. The summed E-state index contributed by atoms with van der Waals surface area (Å²) >= 11 is 0. The van der Waals surface area contributed by atoms with E-state index in [-0.39, 0.29) is 17.9 Å². The highest BCUT2D eigenvalue weighted by Gasteiger charge is 2.50. The summed E-state index contributed by atoms with van der Waals surface area (Å²) in [6.07, 6.45) is 1.47. The first kappa shape index (κ1) is 16.1. The van der Waals surface area contributed by atoms with Gasteiger partial charge in [0.1, 0.15) is 11.4 Å². The van der Waals surface area contributed by atoms with E-state index in [4.69, 9.17) is 4.52 Å². The molecule has 7 nitrogen and oxygen atoms in total. The van der Waals surface area contributed by atoms with Crippen LogP contribution in [0.1, 0.15) is 37.5 Å². The summed E-state index contributed by atoms with van der Waals surface area (Å²) in [6, 6.07) is 5.24. The summed E-state index contributed by atoms with van der Waals surface area (Å²) in [6.45, 7) is 3.33. The number of hydrogen-bond donors (Lipinski definition) is 1. The van der Waals surface area contributed by atoms with Gasteiger partial charge >= 0.3 is 6.03 Å². The Morgan fingerprint density at radius 3 is 2.79 bits per heavy atom. The molecule has 1 aromatic heterocycles. The third-order valence-electron chi connectivity index (χ3n) is 3.96. The minimum absolute atomic E-state index is 0.116. The molecule has 24 heavy (non-hydrogen) atoms. The van der Waals surface area contributed by atoms with Crippen LogP contribution in [0.15, 0.2) is 28.8 Å². The summed E-state index contributed by atoms with van der Waals surface area (Å²) < 4.78 is 19.1. The Morgan fingerprint density at radius 2 is 2.08 bits per heavy atom. The van der Waals surface area contributed by atoms with E-state index in [0.29, 0.717) is 12.3 Å². The first-order valence-corrected chi connectivity index (χ1v) is 7.66. The van der Waals surface area contributed by atoms with Crippen molar-refractivity contribution in [2.45, 2.75) is 38.8 Å². The number of amides is 3. The van der Waals surface area contributed by atoms with Crippen molar-refractivity contribution >= 4 is 11.9 Å². The van der Waals surface area contributed by atoms with Crippen molar-refractivity contribution in [3.63, 3.8) is 0 Å². The molecule has 3 rings (SSSR count). The van der Waals surface area contributed by atoms with Gasteiger partial charge < -0.3 is 9.84 Å². The summed E-state index contributed by atoms with van der Waals surface area (Å²) in [4.78, 5) is 30.0. The summed E-state index contributed by atoms with van der Waals surface area (Å²) in [5.74, 6) is -0.420. The zero-order chi connectivity index (χ0) is 17.3. The van der Waals surface area contributed by atoms with Crippen molar-refractivity contribution in [3.05, 3.63) is 47.4 Å². The van der Waals surface area contributed by atoms with E-state index in [9.17, 15) is 14.0 Å². The third kappa shape index (κ3) is 2.64. The highest BCUT2D eigenvalue weighted by Crippen LogP contribution is 2.31. The highest BCUT2D eigenvalue weighted by molar-refractivity contribution is 6.07. The molecule has 1 aliphatic rings. The standard InChI is InChI=1S/C16H17FN4O3/c1-3-6-13-18-12(20-24-13)9-21-14(22)16(2,19-15(21)23)10-7-4-5-8-11(10)17/h4-5,7-8H,3,6,9H2,1-2H3,(H,19,23)/t16-/m1/s1. The van der Waals surface area contributed by atoms with Gasteiger partial charge in [-0.25, -0.2) is 9.18 Å². The molecule has 0 saturated carbocycles. The lowest BCUT2D eigenvalue weighted by atomic mass is 9.91. The maximum atomic E-state index is 14.1. The molecular formula is C16H17FN4O3. The second-order valence-corrected chi connectivity index (χ2v) is 5.78. The van der Waals surface area contributed by atoms with Crippen LogP contribution in [-0.2, 0) is 23.3 Å². The number of carbonyl (C=O) groups excluding carboxylic acids is 2. The van der Waals surface area contributed by atoms with Crippen molar-refractivity contribution in [2.75, 3.05) is 0 Å². The summed E-state index contributed by atoms with van der Waals surface area (Å²) in [5, 5.41) is 6.32. The monoisotopic (exact) mass is 332 g/mol. The third-order valence-corrected chi connectivity index (χ3v) is 3.96. The first-order chi connectivity index (χ1) is 11.5. The van der Waals surface area contributed by atoms with Crippen LogP contribution in [0.25, 0.3) is 0 Å². The molecule has 1 aromatic carbocycles. The summed E-state index contributed by atoms with van der Waals surface area (Å²) in [7, 11) is 0. The van der Waals surface area contributed by atoms with Gasteiger partial charge in [0.2, 0.25) is 5.89 Å². The van der Waals surface area contributed by atoms with Gasteiger partial charge in [-0.05, 0) is 19.4 Å². The highest BCUT2D eigenvalue weighted by atomic mass is 19.1. The molecule has 0 radical (unpaired) electrons. The van der Waals surface area contributed by atoms with Crippen LogP contribution < -0.4 is 5.32 Å². The predicted molar refractivity (Wildman–Crippen MR) is 81.1 cm³/mol. The second-order valence-electron chi connectivity index (χ2n) is 5.78. The lowest BCUT2D eigenvalue weighted by Crippen LogP contribution is -2.41. The van der Waals surface area contributed by atoms with Gasteiger partial charge in [0.15, 0.2) is 5.82 Å². The Labute approximate surface area is 137 Å². The number of nitrogens with one attached hydrogen (secondary N) is 1. The molecule has 1 atom stereocenters. The van der Waals surface area contributed by atoms with Crippen molar-refractivity contribution in [1.82, 2.24) is 20.4 Å². The number of rotatable bonds is 5. The van der Waals surface area contributed by atoms with Crippen LogP contribution in [0.3, 0.4) is 0 Å². The number of hydrogen-bond acceptors (Lipinski definition) is 5. The molecule has 0 unspecified atom stereocenters. The maximum Gasteiger partial charge on any atom is 0.325 e. The van der Waals surface area contributed by atoms with Gasteiger partial charge in [-0.15, -0.1) is 0 Å². The molecule has 1 N–H and O–H groups in total. The van der Waals surface area contributed by atoms with Crippen LogP contribution in [0.2, 0.25) is 0 Å². The minimum Gasteiger partial charge on any atom is -0.339 e. The average molecular weight is 332 g/mol. The molecule has 3 amide bonds. The molecule has 8 heteroatoms. The van der Waals surface area contributed by atoms with Gasteiger partial charge in [0.25, 0.3) is 5.91 Å². The van der Waals surface area contributed by atoms with E-state index in [1.807, 2.05) is 6.92 Å². The number of aromatic nitrogens is 2. The number of urea groups is 1. The van der Waals surface area contributed by atoms with E-state index in [2.05, 4.69) is 15.5 Å². The Balaban J connectivity index is 1.85. The molecule has 0 spiro atoms. The van der Waals surface area contributed by atoms with E-state index in [1.165, 1.54) is 25.1 Å². The smallest absolute Gasteiger partial charge is 0.325 e. The van der Waals surface area contributed by atoms with Crippen molar-refractivity contribution < 1.29 is 18.5 Å². The van der Waals surface area contributed by atoms with Gasteiger partial charge in [-0.3, -0.25) is 9.69 Å². The number of aryl methyl sites for hydroxylation is 1. The first-order valence-electron chi connectivity index (χ1n) is 7.66. The van der Waals surface area contributed by atoms with Crippen LogP contribution in [-0.4, -0.2) is 27.0 Å². The van der Waals surface area contributed by atoms with Gasteiger partial charge in [-0.2, -0.15) is 4.98 Å². The van der Waals surface area contributed by atoms with Crippen molar-refractivity contribution in [2.24, 2.45) is 0 Å². The number of carbonyl (C=O) groups is 2. The van der Waals surface area contributed by atoms with E-state index in [0.717, 1.165) is 11.3 Å². The predicted octanol–water partition coefficient (Wildman–Crippen LogP) is 2.13. The minimum atomic E-state index is -1.46. The Bertz CT molecular complexity index is 791. The molecule has 1 fully saturated rings. The molecule has 2 heterocycles. The van der Waals surface area contributed by atoms with Crippen LogP contribution in [0.4, 0.5) is 9.18 Å². The topological polar surface area (TPSA) is 88.3 Å². The fourth-order valence-corrected chi connectivity index (χ4v) is 2.70. The molecular weight excluding hydrogens is 315 g/mol. The molecule has 126 valence electrons. The normalized spacial score (nSPS) is 20.5. The lowest BCUT2D eigenvalue weighted by Gasteiger charge is -2.22. The zero-order valence-electron chi connectivity index (χ0n) is 13.4. The van der Waals surface area contributed by atoms with E-state index < -0.39 is 23.3 Å². The zero-order valence-corrected chi connectivity index (χ0v) is 13.4. The average Bonchev–Trinajstić information content (AvgIpc) is 3.07. The number of halogens is 1. The van der Waals surface area contributed by atoms with Crippen LogP contribution >= 0.6 is 0 Å². The Kier molecular flexibility index (Phi) is 4.04. The van der Waals surface area contributed by atoms with Gasteiger partial charge in [0.05, 0.1) is 6.54 Å². The number of imide groups is 1. The summed E-state index contributed by atoms with van der Waals surface area (Å²) in [5.41, 5.74) is -1.34. The van der Waals surface area contributed by atoms with Crippen LogP contribution in [0, 0.1) is 5.82 Å². The quantitative estimate of drug-likeness (QED) is 0.847. The lowest BCUT2D eigenvalue weighted by molar-refractivity contribution is -0.131. The SMILES string of the molecule is CCCc1nc(CN2C(=O)N[C@](C)(c3ccccc3F)C2=O)no1. The fourth-order valence-electron chi connectivity index (χ4n) is 2.70. The molecule has 0 aliphatic carbocycles. The number of nitrogens with zero attached hydrogens (tertiary/aromatic N) is 3. The Morgan fingerprint density at radius 1 is 1.33 bits per heavy atom. The van der Waals surface area contributed by atoms with Gasteiger partial charge in [0, 0.05) is 12.0 Å². The van der Waals surface area contributed by atoms with Crippen molar-refractivity contribution in [3.8, 4) is 0 Å². The Hall–Kier alpha value is -2.77. The van der Waals surface area contributed by atoms with Gasteiger partial charge in [-0.1, -0.05) is 30.3 Å². The maximum absolute atomic E-state index is 14.1. The molecule has 1 saturated heterocycles. The van der Waals surface area contributed by atoms with E-state index >= 15 is 0 Å². The number of benzene rings is 1. The molecule has 2 aromatic rings. The van der Waals surface area contributed by atoms with Crippen LogP contribution in [0.5, 0.6) is 0 Å². The van der Waals surface area contributed by atoms with E-state index in [1.54, 1.807) is 6.07 Å².